The summed E-state index contributed by atoms with van der Waals surface area (Å²) < 4.78 is 67.4. The number of halogens is 3. The van der Waals surface area contributed by atoms with Crippen molar-refractivity contribution in [2.45, 2.75) is 36.9 Å². The number of rotatable bonds is 4. The van der Waals surface area contributed by atoms with Crippen LogP contribution in [-0.4, -0.2) is 40.3 Å². The Hall–Kier alpha value is -2.46. The van der Waals surface area contributed by atoms with Gasteiger partial charge in [-0.3, -0.25) is 4.98 Å². The molecule has 3 aromatic rings. The first-order chi connectivity index (χ1) is 13.7. The van der Waals surface area contributed by atoms with Gasteiger partial charge >= 0.3 is 6.18 Å². The summed E-state index contributed by atoms with van der Waals surface area (Å²) in [6.45, 7) is 3.20. The Morgan fingerprint density at radius 1 is 1.17 bits per heavy atom. The zero-order valence-corrected chi connectivity index (χ0v) is 16.4. The standard InChI is InChI=1S/C19H19F3N4O2S/c1-2-26-17-11-23-9-7-16(17)24-18(26)13-8-10-25(12-13)29(27,28)15-5-3-14(4-6-15)19(20,21)22/h3-7,9,11,13H,2,8,10,12H2,1H3/t13-/m1/s1. The number of aromatic nitrogens is 3. The van der Waals surface area contributed by atoms with Gasteiger partial charge in [0.1, 0.15) is 5.82 Å². The lowest BCUT2D eigenvalue weighted by Gasteiger charge is -2.17. The summed E-state index contributed by atoms with van der Waals surface area (Å²) in [6, 6.07) is 5.43. The van der Waals surface area contributed by atoms with E-state index in [0.29, 0.717) is 19.5 Å². The fraction of sp³-hybridized carbons (Fsp3) is 0.368. The maximum atomic E-state index is 12.9. The molecule has 0 unspecified atom stereocenters. The first kappa shape index (κ1) is 19.8. The fourth-order valence-corrected chi connectivity index (χ4v) is 5.25. The van der Waals surface area contributed by atoms with Gasteiger partial charge in [-0.25, -0.2) is 13.4 Å². The number of benzene rings is 1. The second kappa shape index (κ2) is 7.10. The molecule has 6 nitrogen and oxygen atoms in total. The number of hydrogen-bond acceptors (Lipinski definition) is 4. The van der Waals surface area contributed by atoms with E-state index < -0.39 is 21.8 Å². The van der Waals surface area contributed by atoms with Crippen molar-refractivity contribution < 1.29 is 21.6 Å². The van der Waals surface area contributed by atoms with Crippen molar-refractivity contribution >= 4 is 21.1 Å². The molecule has 0 amide bonds. The van der Waals surface area contributed by atoms with E-state index >= 15 is 0 Å². The van der Waals surface area contributed by atoms with Crippen molar-refractivity contribution in [3.05, 3.63) is 54.1 Å². The summed E-state index contributed by atoms with van der Waals surface area (Å²) in [5, 5.41) is 0. The molecule has 0 spiro atoms. The van der Waals surface area contributed by atoms with Gasteiger partial charge in [-0.05, 0) is 43.7 Å². The minimum atomic E-state index is -4.50. The normalized spacial score (nSPS) is 18.6. The molecule has 154 valence electrons. The van der Waals surface area contributed by atoms with Crippen LogP contribution in [0, 0.1) is 0 Å². The van der Waals surface area contributed by atoms with Gasteiger partial charge in [-0.15, -0.1) is 0 Å². The molecule has 1 aliphatic rings. The number of hydrogen-bond donors (Lipinski definition) is 0. The van der Waals surface area contributed by atoms with Crippen LogP contribution in [0.4, 0.5) is 13.2 Å². The van der Waals surface area contributed by atoms with Gasteiger partial charge in [0, 0.05) is 31.7 Å². The smallest absolute Gasteiger partial charge is 0.327 e. The van der Waals surface area contributed by atoms with Gasteiger partial charge in [0.2, 0.25) is 10.0 Å². The summed E-state index contributed by atoms with van der Waals surface area (Å²) >= 11 is 0. The Bertz CT molecular complexity index is 1140. The molecule has 0 radical (unpaired) electrons. The molecular weight excluding hydrogens is 405 g/mol. The highest BCUT2D eigenvalue weighted by Gasteiger charge is 2.36. The molecule has 1 aliphatic heterocycles. The molecule has 0 N–H and O–H groups in total. The molecule has 4 rings (SSSR count). The zero-order valence-electron chi connectivity index (χ0n) is 15.6. The van der Waals surface area contributed by atoms with Crippen LogP contribution in [0.1, 0.15) is 30.7 Å². The monoisotopic (exact) mass is 424 g/mol. The van der Waals surface area contributed by atoms with E-state index in [1.165, 1.54) is 4.31 Å². The third kappa shape index (κ3) is 3.51. The van der Waals surface area contributed by atoms with Crippen molar-refractivity contribution in [1.29, 1.82) is 0 Å². The maximum absolute atomic E-state index is 12.9. The first-order valence-corrected chi connectivity index (χ1v) is 10.6. The van der Waals surface area contributed by atoms with E-state index in [9.17, 15) is 21.6 Å². The van der Waals surface area contributed by atoms with Crippen molar-refractivity contribution in [2.24, 2.45) is 0 Å². The maximum Gasteiger partial charge on any atom is 0.416 e. The van der Waals surface area contributed by atoms with Crippen LogP contribution >= 0.6 is 0 Å². The largest absolute Gasteiger partial charge is 0.416 e. The molecule has 1 saturated heterocycles. The predicted molar refractivity (Wildman–Crippen MR) is 101 cm³/mol. The van der Waals surface area contributed by atoms with Gasteiger partial charge in [0.15, 0.2) is 0 Å². The third-order valence-corrected chi connectivity index (χ3v) is 7.11. The number of pyridine rings is 1. The average Bonchev–Trinajstić information content (AvgIpc) is 3.32. The number of nitrogens with zero attached hydrogens (tertiary/aromatic N) is 4. The van der Waals surface area contributed by atoms with Crippen LogP contribution in [0.5, 0.6) is 0 Å². The zero-order chi connectivity index (χ0) is 20.8. The topological polar surface area (TPSA) is 68.1 Å². The lowest BCUT2D eigenvalue weighted by Crippen LogP contribution is -2.29. The lowest BCUT2D eigenvalue weighted by atomic mass is 10.1. The highest BCUT2D eigenvalue weighted by atomic mass is 32.2. The molecule has 29 heavy (non-hydrogen) atoms. The van der Waals surface area contributed by atoms with Gasteiger partial charge in [0.25, 0.3) is 0 Å². The summed E-state index contributed by atoms with van der Waals surface area (Å²) in [6.07, 6.45) is -0.512. The molecule has 10 heteroatoms. The number of aryl methyl sites for hydroxylation is 1. The van der Waals surface area contributed by atoms with Crippen molar-refractivity contribution in [3.63, 3.8) is 0 Å². The Labute approximate surface area is 166 Å². The highest BCUT2D eigenvalue weighted by molar-refractivity contribution is 7.89. The Morgan fingerprint density at radius 2 is 1.90 bits per heavy atom. The minimum absolute atomic E-state index is 0.0911. The van der Waals surface area contributed by atoms with Gasteiger partial charge in [0.05, 0.1) is 27.7 Å². The number of sulfonamides is 1. The Morgan fingerprint density at radius 3 is 2.55 bits per heavy atom. The van der Waals surface area contributed by atoms with Gasteiger partial charge in [-0.1, -0.05) is 0 Å². The molecular formula is C19H19F3N4O2S. The van der Waals surface area contributed by atoms with E-state index in [1.54, 1.807) is 12.4 Å². The lowest BCUT2D eigenvalue weighted by molar-refractivity contribution is -0.137. The molecule has 3 heterocycles. The average molecular weight is 424 g/mol. The third-order valence-electron chi connectivity index (χ3n) is 5.23. The number of fused-ring (bicyclic) bond motifs is 1. The number of imidazole rings is 1. The van der Waals surface area contributed by atoms with E-state index in [2.05, 4.69) is 9.97 Å². The molecule has 1 aromatic carbocycles. The summed E-state index contributed by atoms with van der Waals surface area (Å²) in [4.78, 5) is 8.66. The van der Waals surface area contributed by atoms with Crippen LogP contribution in [0.2, 0.25) is 0 Å². The van der Waals surface area contributed by atoms with Crippen LogP contribution < -0.4 is 0 Å². The second-order valence-corrected chi connectivity index (χ2v) is 8.89. The SMILES string of the molecule is CCn1c([C@@H]2CCN(S(=O)(=O)c3ccc(C(F)(F)F)cc3)C2)nc2ccncc21. The predicted octanol–water partition coefficient (Wildman–Crippen LogP) is 3.65. The molecule has 0 aliphatic carbocycles. The summed E-state index contributed by atoms with van der Waals surface area (Å²) in [7, 11) is -3.87. The molecule has 0 saturated carbocycles. The Kier molecular flexibility index (Phi) is 4.86. The van der Waals surface area contributed by atoms with Crippen LogP contribution in [0.3, 0.4) is 0 Å². The molecule has 0 bridgehead atoms. The molecule has 1 fully saturated rings. The first-order valence-electron chi connectivity index (χ1n) is 9.19. The van der Waals surface area contributed by atoms with Crippen molar-refractivity contribution in [3.8, 4) is 0 Å². The number of alkyl halides is 3. The minimum Gasteiger partial charge on any atom is -0.327 e. The summed E-state index contributed by atoms with van der Waals surface area (Å²) in [5.41, 5.74) is 0.830. The Balaban J connectivity index is 1.60. The van der Waals surface area contributed by atoms with E-state index in [0.717, 1.165) is 41.1 Å². The molecule has 2 aromatic heterocycles. The van der Waals surface area contributed by atoms with Crippen molar-refractivity contribution in [2.75, 3.05) is 13.1 Å². The highest BCUT2D eigenvalue weighted by Crippen LogP contribution is 2.34. The fourth-order valence-electron chi connectivity index (χ4n) is 3.75. The van der Waals surface area contributed by atoms with Crippen LogP contribution in [0.15, 0.2) is 47.6 Å². The summed E-state index contributed by atoms with van der Waals surface area (Å²) in [5.74, 6) is 0.715. The van der Waals surface area contributed by atoms with E-state index in [1.807, 2.05) is 17.6 Å². The van der Waals surface area contributed by atoms with Gasteiger partial charge in [-0.2, -0.15) is 17.5 Å². The second-order valence-electron chi connectivity index (χ2n) is 6.95. The van der Waals surface area contributed by atoms with Crippen molar-refractivity contribution in [1.82, 2.24) is 18.8 Å². The quantitative estimate of drug-likeness (QED) is 0.641. The molecule has 1 atom stereocenters. The van der Waals surface area contributed by atoms with Crippen LogP contribution in [0.25, 0.3) is 11.0 Å². The van der Waals surface area contributed by atoms with E-state index in [-0.39, 0.29) is 17.4 Å². The van der Waals surface area contributed by atoms with Gasteiger partial charge < -0.3 is 4.57 Å². The van der Waals surface area contributed by atoms with Crippen LogP contribution in [-0.2, 0) is 22.7 Å². The van der Waals surface area contributed by atoms with E-state index in [4.69, 9.17) is 0 Å².